The average molecular weight is 476 g/mol. The Labute approximate surface area is 200 Å². The van der Waals surface area contributed by atoms with E-state index in [-0.39, 0.29) is 23.5 Å². The molecule has 0 bridgehead atoms. The van der Waals surface area contributed by atoms with Crippen LogP contribution in [0.2, 0.25) is 10.0 Å². The molecule has 32 heavy (non-hydrogen) atoms. The highest BCUT2D eigenvalue weighted by atomic mass is 35.5. The maximum atomic E-state index is 13.0. The summed E-state index contributed by atoms with van der Waals surface area (Å²) in [5.41, 5.74) is 1.85. The van der Waals surface area contributed by atoms with Crippen LogP contribution in [-0.2, 0) is 26.2 Å². The Hall–Kier alpha value is -1.59. The van der Waals surface area contributed by atoms with Crippen molar-refractivity contribution >= 4 is 29.1 Å². The summed E-state index contributed by atoms with van der Waals surface area (Å²) >= 11 is 12.7. The van der Waals surface area contributed by atoms with Gasteiger partial charge in [0, 0.05) is 31.5 Å². The minimum atomic E-state index is -0.358. The standard InChI is InChI=1S/C26H31Cl2NO3/c1-2-24(32-21-9-6-14-31-17-21)26(20-10-11-22(27)23(28)15-20)13-12-25(30)29(18-26)16-19-7-4-3-5-8-19/h3-5,7-8,10-11,15,21,24H,2,6,9,12-14,16-18H2,1H3. The summed E-state index contributed by atoms with van der Waals surface area (Å²) in [5.74, 6) is 0.181. The van der Waals surface area contributed by atoms with E-state index >= 15 is 0 Å². The number of amides is 1. The normalized spacial score (nSPS) is 25.0. The Bertz CT molecular complexity index is 917. The largest absolute Gasteiger partial charge is 0.379 e. The van der Waals surface area contributed by atoms with Crippen LogP contribution in [0.5, 0.6) is 0 Å². The van der Waals surface area contributed by atoms with E-state index in [1.54, 1.807) is 0 Å². The van der Waals surface area contributed by atoms with Gasteiger partial charge < -0.3 is 14.4 Å². The molecule has 1 amide bonds. The van der Waals surface area contributed by atoms with Gasteiger partial charge in [0.2, 0.25) is 5.91 Å². The van der Waals surface area contributed by atoms with Crippen LogP contribution in [0.25, 0.3) is 0 Å². The van der Waals surface area contributed by atoms with Crippen molar-refractivity contribution in [1.82, 2.24) is 4.90 Å². The van der Waals surface area contributed by atoms with Crippen LogP contribution in [0.1, 0.15) is 50.2 Å². The number of nitrogens with zero attached hydrogens (tertiary/aromatic N) is 1. The van der Waals surface area contributed by atoms with Gasteiger partial charge in [-0.3, -0.25) is 4.79 Å². The van der Waals surface area contributed by atoms with Gasteiger partial charge in [0.25, 0.3) is 0 Å². The molecule has 2 heterocycles. The Morgan fingerprint density at radius 1 is 1.19 bits per heavy atom. The van der Waals surface area contributed by atoms with Crippen LogP contribution < -0.4 is 0 Å². The first-order chi connectivity index (χ1) is 15.5. The molecule has 4 nitrogen and oxygen atoms in total. The molecule has 2 aliphatic rings. The molecule has 4 rings (SSSR count). The molecule has 2 aromatic carbocycles. The van der Waals surface area contributed by atoms with Crippen LogP contribution >= 0.6 is 23.2 Å². The molecule has 0 aromatic heterocycles. The minimum Gasteiger partial charge on any atom is -0.379 e. The minimum absolute atomic E-state index is 0.0576. The molecule has 0 aliphatic carbocycles. The highest BCUT2D eigenvalue weighted by Crippen LogP contribution is 2.43. The summed E-state index contributed by atoms with van der Waals surface area (Å²) in [6, 6.07) is 16.0. The van der Waals surface area contributed by atoms with Gasteiger partial charge in [-0.15, -0.1) is 0 Å². The molecule has 2 aromatic rings. The SMILES string of the molecule is CCC(OC1CCCOC1)C1(c2ccc(Cl)c(Cl)c2)CCC(=O)N(Cc2ccccc2)C1. The van der Waals surface area contributed by atoms with Gasteiger partial charge in [-0.2, -0.15) is 0 Å². The number of rotatable bonds is 7. The number of likely N-dealkylation sites (tertiary alicyclic amines) is 1. The van der Waals surface area contributed by atoms with Crippen molar-refractivity contribution in [3.05, 3.63) is 69.7 Å². The van der Waals surface area contributed by atoms with E-state index in [1.165, 1.54) is 0 Å². The van der Waals surface area contributed by atoms with Gasteiger partial charge >= 0.3 is 0 Å². The lowest BCUT2D eigenvalue weighted by Crippen LogP contribution is -2.56. The third-order valence-electron chi connectivity index (χ3n) is 6.78. The topological polar surface area (TPSA) is 38.8 Å². The van der Waals surface area contributed by atoms with Crippen molar-refractivity contribution in [3.8, 4) is 0 Å². The first-order valence-corrected chi connectivity index (χ1v) is 12.3. The highest BCUT2D eigenvalue weighted by molar-refractivity contribution is 6.42. The quantitative estimate of drug-likeness (QED) is 0.490. The van der Waals surface area contributed by atoms with E-state index < -0.39 is 0 Å². The number of benzene rings is 2. The molecule has 2 saturated heterocycles. The van der Waals surface area contributed by atoms with Crippen LogP contribution in [0.4, 0.5) is 0 Å². The molecule has 2 fully saturated rings. The average Bonchev–Trinajstić information content (AvgIpc) is 2.82. The zero-order valence-corrected chi connectivity index (χ0v) is 20.1. The summed E-state index contributed by atoms with van der Waals surface area (Å²) < 4.78 is 12.4. The molecule has 0 N–H and O–H groups in total. The lowest BCUT2D eigenvalue weighted by atomic mass is 9.68. The predicted molar refractivity (Wildman–Crippen MR) is 128 cm³/mol. The Morgan fingerprint density at radius 2 is 2.00 bits per heavy atom. The fourth-order valence-corrected chi connectivity index (χ4v) is 5.40. The molecule has 0 spiro atoms. The number of piperidine rings is 1. The fourth-order valence-electron chi connectivity index (χ4n) is 5.10. The molecule has 6 heteroatoms. The van der Waals surface area contributed by atoms with E-state index in [1.807, 2.05) is 41.3 Å². The number of hydrogen-bond acceptors (Lipinski definition) is 3. The number of carbonyl (C=O) groups is 1. The summed E-state index contributed by atoms with van der Waals surface area (Å²) in [6.45, 7) is 4.76. The lowest BCUT2D eigenvalue weighted by molar-refractivity contribution is -0.146. The zero-order chi connectivity index (χ0) is 22.6. The Kier molecular flexibility index (Phi) is 7.78. The fraction of sp³-hybridized carbons (Fsp3) is 0.500. The summed E-state index contributed by atoms with van der Waals surface area (Å²) in [5, 5.41) is 1.07. The van der Waals surface area contributed by atoms with Crippen LogP contribution in [0, 0.1) is 0 Å². The van der Waals surface area contributed by atoms with Gasteiger partial charge in [0.15, 0.2) is 0 Å². The predicted octanol–water partition coefficient (Wildman–Crippen LogP) is 6.03. The van der Waals surface area contributed by atoms with Crippen molar-refractivity contribution in [3.63, 3.8) is 0 Å². The van der Waals surface area contributed by atoms with Crippen LogP contribution in [-0.4, -0.2) is 42.8 Å². The summed E-state index contributed by atoms with van der Waals surface area (Å²) in [6.07, 6.45) is 4.07. The van der Waals surface area contributed by atoms with Crippen molar-refractivity contribution in [2.24, 2.45) is 0 Å². The van der Waals surface area contributed by atoms with Gasteiger partial charge in [-0.25, -0.2) is 0 Å². The second-order valence-corrected chi connectivity index (χ2v) is 9.71. The van der Waals surface area contributed by atoms with Gasteiger partial charge in [0.05, 0.1) is 28.9 Å². The van der Waals surface area contributed by atoms with Crippen molar-refractivity contribution in [2.75, 3.05) is 19.8 Å². The van der Waals surface area contributed by atoms with Crippen molar-refractivity contribution in [2.45, 2.75) is 63.2 Å². The first-order valence-electron chi connectivity index (χ1n) is 11.5. The Morgan fingerprint density at radius 3 is 2.69 bits per heavy atom. The smallest absolute Gasteiger partial charge is 0.222 e. The molecular formula is C26H31Cl2NO3. The molecule has 0 radical (unpaired) electrons. The summed E-state index contributed by atoms with van der Waals surface area (Å²) in [7, 11) is 0. The van der Waals surface area contributed by atoms with Crippen molar-refractivity contribution in [1.29, 1.82) is 0 Å². The molecular weight excluding hydrogens is 445 g/mol. The van der Waals surface area contributed by atoms with Gasteiger partial charge in [0.1, 0.15) is 0 Å². The monoisotopic (exact) mass is 475 g/mol. The third-order valence-corrected chi connectivity index (χ3v) is 7.52. The number of hydrogen-bond donors (Lipinski definition) is 0. The van der Waals surface area contributed by atoms with Crippen LogP contribution in [0.3, 0.4) is 0 Å². The summed E-state index contributed by atoms with van der Waals surface area (Å²) in [4.78, 5) is 14.9. The second-order valence-electron chi connectivity index (χ2n) is 8.89. The first kappa shape index (κ1) is 23.6. The lowest BCUT2D eigenvalue weighted by Gasteiger charge is -2.48. The molecule has 0 saturated carbocycles. The maximum Gasteiger partial charge on any atom is 0.222 e. The van der Waals surface area contributed by atoms with E-state index in [2.05, 4.69) is 19.1 Å². The molecule has 2 aliphatic heterocycles. The highest BCUT2D eigenvalue weighted by Gasteiger charge is 2.47. The number of carbonyl (C=O) groups excluding carboxylic acids is 1. The number of halogens is 2. The third kappa shape index (κ3) is 5.14. The van der Waals surface area contributed by atoms with Crippen molar-refractivity contribution < 1.29 is 14.3 Å². The molecule has 172 valence electrons. The van der Waals surface area contributed by atoms with Gasteiger partial charge in [-0.1, -0.05) is 66.5 Å². The van der Waals surface area contributed by atoms with E-state index in [4.69, 9.17) is 32.7 Å². The molecule has 3 unspecified atom stereocenters. The number of ether oxygens (including phenoxy) is 2. The second kappa shape index (κ2) is 10.6. The van der Waals surface area contributed by atoms with Gasteiger partial charge in [-0.05, 0) is 48.9 Å². The maximum absolute atomic E-state index is 13.0. The molecule has 3 atom stereocenters. The van der Waals surface area contributed by atoms with E-state index in [9.17, 15) is 4.79 Å². The van der Waals surface area contributed by atoms with E-state index in [0.29, 0.717) is 36.2 Å². The zero-order valence-electron chi connectivity index (χ0n) is 18.6. The van der Waals surface area contributed by atoms with Crippen LogP contribution in [0.15, 0.2) is 48.5 Å². The van der Waals surface area contributed by atoms with E-state index in [0.717, 1.165) is 43.4 Å². The Balaban J connectivity index is 1.68.